The number of unbranched alkanes of at least 4 members (excludes halogenated alkanes) is 1. The molecule has 2 aromatic carbocycles. The molecule has 0 radical (unpaired) electrons. The monoisotopic (exact) mass is 560 g/mol. The van der Waals surface area contributed by atoms with Gasteiger partial charge in [0.05, 0.1) is 19.9 Å². The minimum absolute atomic E-state index is 0.226. The minimum atomic E-state index is -1.49. The van der Waals surface area contributed by atoms with Gasteiger partial charge >= 0.3 is 5.97 Å². The molecule has 0 aliphatic heterocycles. The molecule has 3 aromatic rings. The molecule has 1 aromatic heterocycles. The van der Waals surface area contributed by atoms with Crippen LogP contribution in [0.4, 0.5) is 13.9 Å². The molecule has 0 bridgehead atoms. The molecule has 0 atom stereocenters. The molecule has 1 amide bonds. The molecule has 0 saturated heterocycles. The van der Waals surface area contributed by atoms with Gasteiger partial charge in [-0.25, -0.2) is 18.6 Å². The van der Waals surface area contributed by atoms with E-state index in [-0.39, 0.29) is 10.7 Å². The van der Waals surface area contributed by atoms with Gasteiger partial charge in [0.15, 0.2) is 5.13 Å². The number of carboxylic acids is 1. The van der Waals surface area contributed by atoms with E-state index in [9.17, 15) is 18.4 Å². The number of aliphatic carboxylic acids is 1. The van der Waals surface area contributed by atoms with Crippen LogP contribution < -0.4 is 10.1 Å². The number of amides is 1. The molecule has 1 heterocycles. The number of thiazole rings is 1. The Balaban J connectivity index is 1.74. The lowest BCUT2D eigenvalue weighted by Crippen LogP contribution is -2.13. The number of aromatic nitrogens is 1. The number of halogens is 2. The third-order valence-electron chi connectivity index (χ3n) is 5.73. The molecule has 0 unspecified atom stereocenters. The molecular weight excluding hydrogens is 530 g/mol. The zero-order valence-electron chi connectivity index (χ0n) is 21.9. The van der Waals surface area contributed by atoms with E-state index in [4.69, 9.17) is 14.6 Å². The van der Waals surface area contributed by atoms with Gasteiger partial charge in [0.2, 0.25) is 5.76 Å². The van der Waals surface area contributed by atoms with Gasteiger partial charge in [-0.3, -0.25) is 10.1 Å². The maximum absolute atomic E-state index is 14.5. The van der Waals surface area contributed by atoms with Crippen molar-refractivity contribution in [3.63, 3.8) is 0 Å². The van der Waals surface area contributed by atoms with E-state index in [0.29, 0.717) is 24.1 Å². The van der Waals surface area contributed by atoms with Gasteiger partial charge in [0.25, 0.3) is 5.91 Å². The lowest BCUT2D eigenvalue weighted by atomic mass is 10.0. The Morgan fingerprint density at radius 3 is 2.49 bits per heavy atom. The summed E-state index contributed by atoms with van der Waals surface area (Å²) in [5.41, 5.74) is 1.40. The third-order valence-corrected chi connectivity index (χ3v) is 6.48. The fourth-order valence-electron chi connectivity index (χ4n) is 3.75. The fourth-order valence-corrected chi connectivity index (χ4v) is 4.46. The summed E-state index contributed by atoms with van der Waals surface area (Å²) in [6.07, 6.45) is 4.44. The second kappa shape index (κ2) is 14.4. The number of carbonyl (C=O) groups excluding carboxylic acids is 1. The summed E-state index contributed by atoms with van der Waals surface area (Å²) >= 11 is 1.15. The Bertz CT molecular complexity index is 1320. The molecule has 2 N–H and O–H groups in total. The molecule has 0 fully saturated rings. The zero-order valence-corrected chi connectivity index (χ0v) is 22.7. The van der Waals surface area contributed by atoms with Crippen molar-refractivity contribution in [1.29, 1.82) is 0 Å². The average Bonchev–Trinajstić information content (AvgIpc) is 3.38. The molecule has 8 nitrogen and oxygen atoms in total. The van der Waals surface area contributed by atoms with Gasteiger partial charge in [-0.05, 0) is 43.0 Å². The Morgan fingerprint density at radius 1 is 1.13 bits per heavy atom. The van der Waals surface area contributed by atoms with Crippen molar-refractivity contribution in [1.82, 2.24) is 4.98 Å². The number of nitrogens with zero attached hydrogens (tertiary/aromatic N) is 1. The summed E-state index contributed by atoms with van der Waals surface area (Å²) < 4.78 is 45.0. The first kappa shape index (κ1) is 29.7. The Kier molecular flexibility index (Phi) is 10.9. The van der Waals surface area contributed by atoms with Crippen molar-refractivity contribution in [3.05, 3.63) is 69.8 Å². The molecule has 0 spiro atoms. The van der Waals surface area contributed by atoms with E-state index < -0.39 is 34.8 Å². The van der Waals surface area contributed by atoms with E-state index in [1.165, 1.54) is 0 Å². The summed E-state index contributed by atoms with van der Waals surface area (Å²) in [6.45, 7) is 3.53. The lowest BCUT2D eigenvalue weighted by molar-refractivity contribution is -0.135. The van der Waals surface area contributed by atoms with Gasteiger partial charge in [-0.2, -0.15) is 0 Å². The average molecular weight is 561 g/mol. The number of para-hydroxylation sites is 1. The van der Waals surface area contributed by atoms with Crippen LogP contribution in [0.5, 0.6) is 5.75 Å². The molecule has 0 aliphatic rings. The van der Waals surface area contributed by atoms with Gasteiger partial charge in [-0.15, -0.1) is 11.3 Å². The molecule has 208 valence electrons. The molecule has 39 heavy (non-hydrogen) atoms. The minimum Gasteiger partial charge on any atom is -0.496 e. The number of hydrogen-bond acceptors (Lipinski definition) is 7. The summed E-state index contributed by atoms with van der Waals surface area (Å²) in [5, 5.41) is 13.5. The second-order valence-electron chi connectivity index (χ2n) is 8.43. The lowest BCUT2D eigenvalue weighted by Gasteiger charge is -2.12. The van der Waals surface area contributed by atoms with Crippen LogP contribution in [0, 0.1) is 11.6 Å². The number of nitrogens with one attached hydrogen (secondary N) is 1. The molecule has 0 aliphatic carbocycles. The van der Waals surface area contributed by atoms with Crippen molar-refractivity contribution >= 4 is 34.4 Å². The number of carbonyl (C=O) groups is 2. The smallest absolute Gasteiger partial charge is 0.371 e. The van der Waals surface area contributed by atoms with E-state index >= 15 is 0 Å². The molecular formula is C28H30F2N2O6S. The van der Waals surface area contributed by atoms with E-state index in [1.807, 2.05) is 18.2 Å². The van der Waals surface area contributed by atoms with E-state index in [2.05, 4.69) is 22.0 Å². The number of methoxy groups -OCH3 is 2. The summed E-state index contributed by atoms with van der Waals surface area (Å²) in [5.74, 6) is -4.48. The first-order chi connectivity index (χ1) is 18.8. The first-order valence-corrected chi connectivity index (χ1v) is 13.2. The van der Waals surface area contributed by atoms with Crippen molar-refractivity contribution in [2.24, 2.45) is 0 Å². The number of benzene rings is 2. The van der Waals surface area contributed by atoms with Gasteiger partial charge in [0, 0.05) is 41.4 Å². The van der Waals surface area contributed by atoms with Crippen LogP contribution in [-0.2, 0) is 20.7 Å². The predicted molar refractivity (Wildman–Crippen MR) is 145 cm³/mol. The number of rotatable bonds is 14. The topological polar surface area (TPSA) is 107 Å². The highest BCUT2D eigenvalue weighted by atomic mass is 32.1. The van der Waals surface area contributed by atoms with Crippen molar-refractivity contribution in [3.8, 4) is 17.0 Å². The second-order valence-corrected chi connectivity index (χ2v) is 9.29. The highest BCUT2D eigenvalue weighted by Crippen LogP contribution is 2.35. The predicted octanol–water partition coefficient (Wildman–Crippen LogP) is 6.17. The number of anilines is 1. The Hall–Kier alpha value is -3.83. The van der Waals surface area contributed by atoms with Crippen LogP contribution in [-0.4, -0.2) is 49.4 Å². The molecule has 3 rings (SSSR count). The van der Waals surface area contributed by atoms with Crippen LogP contribution in [0.2, 0.25) is 0 Å². The van der Waals surface area contributed by atoms with Crippen LogP contribution >= 0.6 is 11.3 Å². The summed E-state index contributed by atoms with van der Waals surface area (Å²) in [7, 11) is 2.65. The van der Waals surface area contributed by atoms with E-state index in [1.54, 1.807) is 12.5 Å². The van der Waals surface area contributed by atoms with Crippen LogP contribution in [0.25, 0.3) is 17.3 Å². The number of hydrogen-bond donors (Lipinski definition) is 2. The van der Waals surface area contributed by atoms with Gasteiger partial charge in [-0.1, -0.05) is 25.5 Å². The largest absolute Gasteiger partial charge is 0.496 e. The maximum Gasteiger partial charge on any atom is 0.371 e. The van der Waals surface area contributed by atoms with Crippen LogP contribution in [0.1, 0.15) is 47.7 Å². The normalized spacial score (nSPS) is 11.4. The Labute approximate surface area is 229 Å². The van der Waals surface area contributed by atoms with Crippen molar-refractivity contribution in [2.75, 3.05) is 32.8 Å². The summed E-state index contributed by atoms with van der Waals surface area (Å²) in [4.78, 5) is 28.2. The molecule has 0 saturated carbocycles. The quantitative estimate of drug-likeness (QED) is 0.138. The highest BCUT2D eigenvalue weighted by Gasteiger charge is 2.19. The number of carboxylic acid groups (broad SMARTS) is 1. The van der Waals surface area contributed by atoms with E-state index in [0.717, 1.165) is 74.0 Å². The Morgan fingerprint density at radius 2 is 1.85 bits per heavy atom. The number of ether oxygens (including phenoxy) is 3. The number of aryl methyl sites for hydroxylation is 1. The summed E-state index contributed by atoms with van der Waals surface area (Å²) in [6, 6.07) is 7.38. The highest BCUT2D eigenvalue weighted by molar-refractivity contribution is 7.14. The van der Waals surface area contributed by atoms with Crippen molar-refractivity contribution in [2.45, 2.75) is 32.6 Å². The van der Waals surface area contributed by atoms with Crippen molar-refractivity contribution < 1.29 is 37.7 Å². The van der Waals surface area contributed by atoms with Gasteiger partial charge < -0.3 is 19.3 Å². The fraction of sp³-hybridized carbons (Fsp3) is 0.321. The molecule has 11 heteroatoms. The SMILES string of the molecule is CCCCOCCCc1cccc(-c2csc(NC(=O)c3cc(F)c(/C=C(\OC)C(=O)O)c(F)c3)n2)c1OC. The first-order valence-electron chi connectivity index (χ1n) is 12.3. The standard InChI is InChI=1S/C28H30F2N2O6S/c1-4-5-11-38-12-7-9-17-8-6-10-19(25(17)37-3)23-16-39-28(31-23)32-26(33)18-13-21(29)20(22(30)14-18)15-24(36-2)27(34)35/h6,8,10,13-16H,4-5,7,9,11-12H2,1-3H3,(H,34,35)(H,31,32,33)/b24-15-. The van der Waals surface area contributed by atoms with Crippen LogP contribution in [0.15, 0.2) is 41.5 Å². The maximum atomic E-state index is 14.5. The third kappa shape index (κ3) is 7.84. The zero-order chi connectivity index (χ0) is 28.4. The van der Waals surface area contributed by atoms with Gasteiger partial charge in [0.1, 0.15) is 17.4 Å². The van der Waals surface area contributed by atoms with Crippen LogP contribution in [0.3, 0.4) is 0 Å².